The summed E-state index contributed by atoms with van der Waals surface area (Å²) in [7, 11) is 0. The Hall–Kier alpha value is -2.44. The summed E-state index contributed by atoms with van der Waals surface area (Å²) in [6, 6.07) is 2.87. The molecule has 0 aliphatic heterocycles. The molecule has 21 heavy (non-hydrogen) atoms. The Balaban J connectivity index is 2.06. The molecule has 6 nitrogen and oxygen atoms in total. The van der Waals surface area contributed by atoms with E-state index in [1.165, 1.54) is 24.5 Å². The van der Waals surface area contributed by atoms with E-state index in [0.29, 0.717) is 11.6 Å². The van der Waals surface area contributed by atoms with Crippen molar-refractivity contribution >= 4 is 11.8 Å². The van der Waals surface area contributed by atoms with E-state index in [2.05, 4.69) is 27.2 Å². The molecule has 7 heteroatoms. The van der Waals surface area contributed by atoms with Crippen LogP contribution in [0.3, 0.4) is 0 Å². The number of nitrogen functional groups attached to an aromatic ring is 1. The lowest BCUT2D eigenvalue weighted by Crippen LogP contribution is -2.09. The highest BCUT2D eigenvalue weighted by Gasteiger charge is 2.09. The summed E-state index contributed by atoms with van der Waals surface area (Å²) in [6.45, 7) is 2.85. The van der Waals surface area contributed by atoms with Gasteiger partial charge in [-0.25, -0.2) is 9.37 Å². The molecule has 0 aromatic carbocycles. The predicted molar refractivity (Wildman–Crippen MR) is 78.4 cm³/mol. The maximum atomic E-state index is 13.5. The van der Waals surface area contributed by atoms with Gasteiger partial charge in [-0.05, 0) is 18.6 Å². The quantitative estimate of drug-likeness (QED) is 0.762. The largest absolute Gasteiger partial charge is 0.482 e. The zero-order chi connectivity index (χ0) is 15.1. The Bertz CT molecular complexity index is 593. The van der Waals surface area contributed by atoms with Crippen molar-refractivity contribution in [3.05, 3.63) is 36.0 Å². The third-order valence-electron chi connectivity index (χ3n) is 2.80. The van der Waals surface area contributed by atoms with E-state index in [0.717, 1.165) is 19.4 Å². The standard InChI is InChI=1S/C14H18FN5O/c1-2-3-6-18-13-12(8-19-14(16)20-13)21-9-11-10(15)5-4-7-17-11/h4-5,7-8H,2-3,6,9H2,1H3,(H3,16,18,19,20). The van der Waals surface area contributed by atoms with E-state index >= 15 is 0 Å². The third-order valence-corrected chi connectivity index (χ3v) is 2.80. The molecule has 3 N–H and O–H groups in total. The van der Waals surface area contributed by atoms with Crippen LogP contribution in [0.5, 0.6) is 5.75 Å². The van der Waals surface area contributed by atoms with Crippen molar-refractivity contribution in [2.75, 3.05) is 17.6 Å². The number of anilines is 2. The number of hydrogen-bond donors (Lipinski definition) is 2. The van der Waals surface area contributed by atoms with Crippen molar-refractivity contribution in [1.29, 1.82) is 0 Å². The van der Waals surface area contributed by atoms with Gasteiger partial charge >= 0.3 is 0 Å². The first-order valence-corrected chi connectivity index (χ1v) is 6.79. The molecular formula is C14H18FN5O. The van der Waals surface area contributed by atoms with Crippen molar-refractivity contribution in [3.63, 3.8) is 0 Å². The van der Waals surface area contributed by atoms with Crippen LogP contribution in [0.25, 0.3) is 0 Å². The highest BCUT2D eigenvalue weighted by Crippen LogP contribution is 2.22. The summed E-state index contributed by atoms with van der Waals surface area (Å²) in [4.78, 5) is 11.9. The van der Waals surface area contributed by atoms with Gasteiger partial charge in [-0.2, -0.15) is 4.98 Å². The van der Waals surface area contributed by atoms with E-state index in [1.807, 2.05) is 0 Å². The van der Waals surface area contributed by atoms with Gasteiger partial charge in [0, 0.05) is 12.7 Å². The first-order chi connectivity index (χ1) is 10.2. The van der Waals surface area contributed by atoms with Gasteiger partial charge in [0.1, 0.15) is 18.1 Å². The Morgan fingerprint density at radius 3 is 3.00 bits per heavy atom. The van der Waals surface area contributed by atoms with Gasteiger partial charge in [0.05, 0.1) is 6.20 Å². The molecule has 2 aromatic heterocycles. The Morgan fingerprint density at radius 1 is 1.38 bits per heavy atom. The molecule has 0 amide bonds. The Morgan fingerprint density at radius 2 is 2.24 bits per heavy atom. The van der Waals surface area contributed by atoms with Crippen molar-refractivity contribution in [2.24, 2.45) is 0 Å². The summed E-state index contributed by atoms with van der Waals surface area (Å²) in [6.07, 6.45) is 5.04. The van der Waals surface area contributed by atoms with Crippen LogP contribution in [0.4, 0.5) is 16.2 Å². The molecule has 0 aliphatic rings. The lowest BCUT2D eigenvalue weighted by molar-refractivity contribution is 0.293. The second kappa shape index (κ2) is 7.37. The summed E-state index contributed by atoms with van der Waals surface area (Å²) in [5.41, 5.74) is 5.80. The molecule has 2 rings (SSSR count). The van der Waals surface area contributed by atoms with Crippen LogP contribution in [-0.2, 0) is 6.61 Å². The fourth-order valence-electron chi connectivity index (χ4n) is 1.67. The molecule has 0 unspecified atom stereocenters. The van der Waals surface area contributed by atoms with E-state index in [9.17, 15) is 4.39 Å². The Kier molecular flexibility index (Phi) is 5.25. The van der Waals surface area contributed by atoms with E-state index in [1.54, 1.807) is 0 Å². The number of nitrogens with zero attached hydrogens (tertiary/aromatic N) is 3. The maximum absolute atomic E-state index is 13.5. The van der Waals surface area contributed by atoms with Crippen LogP contribution in [0.1, 0.15) is 25.5 Å². The van der Waals surface area contributed by atoms with Crippen molar-refractivity contribution < 1.29 is 9.13 Å². The molecule has 0 saturated carbocycles. The Labute approximate surface area is 122 Å². The summed E-state index contributed by atoms with van der Waals surface area (Å²) in [5.74, 6) is 0.678. The van der Waals surface area contributed by atoms with Gasteiger partial charge in [-0.3, -0.25) is 4.98 Å². The summed E-state index contributed by atoms with van der Waals surface area (Å²) in [5, 5.41) is 3.14. The highest BCUT2D eigenvalue weighted by molar-refractivity contribution is 5.51. The van der Waals surface area contributed by atoms with Gasteiger partial charge in [0.15, 0.2) is 11.6 Å². The number of pyridine rings is 1. The number of unbranched alkanes of at least 4 members (excludes halogenated alkanes) is 1. The normalized spacial score (nSPS) is 10.4. The molecule has 0 bridgehead atoms. The monoisotopic (exact) mass is 291 g/mol. The predicted octanol–water partition coefficient (Wildman–Crippen LogP) is 2.38. The highest BCUT2D eigenvalue weighted by atomic mass is 19.1. The molecule has 0 fully saturated rings. The number of hydrogen-bond acceptors (Lipinski definition) is 6. The molecule has 2 aromatic rings. The number of ether oxygens (including phenoxy) is 1. The minimum Gasteiger partial charge on any atom is -0.482 e. The van der Waals surface area contributed by atoms with Crippen LogP contribution in [0, 0.1) is 5.82 Å². The first-order valence-electron chi connectivity index (χ1n) is 6.79. The van der Waals surface area contributed by atoms with Crippen LogP contribution in [-0.4, -0.2) is 21.5 Å². The third kappa shape index (κ3) is 4.27. The van der Waals surface area contributed by atoms with Crippen LogP contribution >= 0.6 is 0 Å². The lowest BCUT2D eigenvalue weighted by Gasteiger charge is -2.12. The van der Waals surface area contributed by atoms with E-state index in [4.69, 9.17) is 10.5 Å². The number of nitrogens with two attached hydrogens (primary N) is 1. The van der Waals surface area contributed by atoms with E-state index < -0.39 is 5.82 Å². The van der Waals surface area contributed by atoms with E-state index in [-0.39, 0.29) is 18.2 Å². The second-order valence-corrected chi connectivity index (χ2v) is 4.44. The van der Waals surface area contributed by atoms with Gasteiger partial charge in [-0.1, -0.05) is 13.3 Å². The number of nitrogens with one attached hydrogen (secondary N) is 1. The minimum atomic E-state index is -0.408. The maximum Gasteiger partial charge on any atom is 0.222 e. The molecule has 2 heterocycles. The first kappa shape index (κ1) is 15.0. The average molecular weight is 291 g/mol. The molecule has 0 atom stereocenters. The van der Waals surface area contributed by atoms with Crippen LogP contribution in [0.15, 0.2) is 24.5 Å². The zero-order valence-electron chi connectivity index (χ0n) is 11.8. The number of halogens is 1. The second-order valence-electron chi connectivity index (χ2n) is 4.44. The molecule has 0 saturated heterocycles. The van der Waals surface area contributed by atoms with Crippen molar-refractivity contribution in [3.8, 4) is 5.75 Å². The fraction of sp³-hybridized carbons (Fsp3) is 0.357. The minimum absolute atomic E-state index is 0.00239. The van der Waals surface area contributed by atoms with Crippen LogP contribution in [0.2, 0.25) is 0 Å². The fourth-order valence-corrected chi connectivity index (χ4v) is 1.67. The summed E-state index contributed by atoms with van der Waals surface area (Å²) >= 11 is 0. The summed E-state index contributed by atoms with van der Waals surface area (Å²) < 4.78 is 19.0. The van der Waals surface area contributed by atoms with Crippen molar-refractivity contribution in [2.45, 2.75) is 26.4 Å². The number of aromatic nitrogens is 3. The van der Waals surface area contributed by atoms with Crippen LogP contribution < -0.4 is 15.8 Å². The van der Waals surface area contributed by atoms with Crippen molar-refractivity contribution in [1.82, 2.24) is 15.0 Å². The molecule has 0 aliphatic carbocycles. The molecule has 0 radical (unpaired) electrons. The SMILES string of the molecule is CCCCNc1nc(N)ncc1OCc1ncccc1F. The smallest absolute Gasteiger partial charge is 0.222 e. The molecule has 112 valence electrons. The van der Waals surface area contributed by atoms with Gasteiger partial charge in [-0.15, -0.1) is 0 Å². The topological polar surface area (TPSA) is 86.0 Å². The average Bonchev–Trinajstić information content (AvgIpc) is 2.48. The van der Waals surface area contributed by atoms with Gasteiger partial charge < -0.3 is 15.8 Å². The molecule has 0 spiro atoms. The van der Waals surface area contributed by atoms with Gasteiger partial charge in [0.2, 0.25) is 5.95 Å². The number of rotatable bonds is 7. The van der Waals surface area contributed by atoms with Gasteiger partial charge in [0.25, 0.3) is 0 Å². The zero-order valence-corrected chi connectivity index (χ0v) is 11.8. The molecular weight excluding hydrogens is 273 g/mol. The lowest BCUT2D eigenvalue weighted by atomic mass is 10.3.